The molecule has 1 aromatic heterocycles. The van der Waals surface area contributed by atoms with Crippen LogP contribution in [0.4, 0.5) is 0 Å². The largest absolute Gasteiger partial charge is 0.496 e. The zero-order valence-corrected chi connectivity index (χ0v) is 17.5. The molecule has 0 unspecified atom stereocenters. The van der Waals surface area contributed by atoms with E-state index in [1.165, 1.54) is 13.2 Å². The number of nitrogens with two attached hydrogens (primary N) is 1. The van der Waals surface area contributed by atoms with Gasteiger partial charge in [0.1, 0.15) is 23.9 Å². The second kappa shape index (κ2) is 9.37. The number of hydrogen-bond acceptors (Lipinski definition) is 6. The van der Waals surface area contributed by atoms with Crippen LogP contribution < -0.4 is 15.2 Å². The first-order valence-corrected chi connectivity index (χ1v) is 9.42. The molecule has 8 heteroatoms. The van der Waals surface area contributed by atoms with E-state index in [-0.39, 0.29) is 18.2 Å². The molecule has 3 rings (SSSR count). The summed E-state index contributed by atoms with van der Waals surface area (Å²) < 4.78 is 16.4. The number of rotatable bonds is 7. The molecule has 30 heavy (non-hydrogen) atoms. The van der Waals surface area contributed by atoms with Gasteiger partial charge >= 0.3 is 5.97 Å². The number of aryl methyl sites for hydroxylation is 2. The molecule has 0 aliphatic rings. The third-order valence-electron chi connectivity index (χ3n) is 4.10. The zero-order chi connectivity index (χ0) is 21.7. The zero-order valence-electron chi connectivity index (χ0n) is 16.8. The van der Waals surface area contributed by atoms with Crippen LogP contribution in [0.15, 0.2) is 58.1 Å². The van der Waals surface area contributed by atoms with Crippen molar-refractivity contribution in [3.8, 4) is 11.5 Å². The van der Waals surface area contributed by atoms with Gasteiger partial charge in [-0.25, -0.2) is 4.79 Å². The Morgan fingerprint density at radius 3 is 2.53 bits per heavy atom. The van der Waals surface area contributed by atoms with Crippen LogP contribution >= 0.6 is 11.6 Å². The summed E-state index contributed by atoms with van der Waals surface area (Å²) >= 11 is 5.97. The second-order valence-corrected chi connectivity index (χ2v) is 7.01. The highest BCUT2D eigenvalue weighted by atomic mass is 35.5. The van der Waals surface area contributed by atoms with Gasteiger partial charge in [0.2, 0.25) is 5.76 Å². The van der Waals surface area contributed by atoms with Crippen molar-refractivity contribution in [2.75, 3.05) is 7.11 Å². The number of methoxy groups -OCH3 is 1. The maximum Gasteiger partial charge on any atom is 0.400 e. The van der Waals surface area contributed by atoms with Crippen LogP contribution in [0.3, 0.4) is 0 Å². The lowest BCUT2D eigenvalue weighted by Gasteiger charge is -2.07. The monoisotopic (exact) mass is 428 g/mol. The van der Waals surface area contributed by atoms with E-state index < -0.39 is 5.97 Å². The average Bonchev–Trinajstić information content (AvgIpc) is 3.18. The number of furan rings is 1. The number of hydrogen-bond donors (Lipinski definition) is 1. The van der Waals surface area contributed by atoms with E-state index in [9.17, 15) is 4.79 Å². The predicted octanol–water partition coefficient (Wildman–Crippen LogP) is 4.61. The minimum absolute atomic E-state index is 0.0244. The summed E-state index contributed by atoms with van der Waals surface area (Å²) in [6.07, 6.45) is 0. The molecule has 2 aromatic carbocycles. The van der Waals surface area contributed by atoms with Crippen LogP contribution in [-0.4, -0.2) is 18.9 Å². The number of ether oxygens (including phenoxy) is 2. The highest BCUT2D eigenvalue weighted by Gasteiger charge is 2.15. The fourth-order valence-corrected chi connectivity index (χ4v) is 2.97. The molecular formula is C22H21ClN2O5. The van der Waals surface area contributed by atoms with Gasteiger partial charge in [-0.3, -0.25) is 0 Å². The van der Waals surface area contributed by atoms with Crippen LogP contribution in [0.25, 0.3) is 0 Å². The fourth-order valence-electron chi connectivity index (χ4n) is 2.80. The molecule has 7 nitrogen and oxygen atoms in total. The highest BCUT2D eigenvalue weighted by molar-refractivity contribution is 6.31. The smallest absolute Gasteiger partial charge is 0.400 e. The van der Waals surface area contributed by atoms with Crippen molar-refractivity contribution in [2.45, 2.75) is 20.5 Å². The summed E-state index contributed by atoms with van der Waals surface area (Å²) in [6, 6.07) is 13.9. The Morgan fingerprint density at radius 1 is 1.10 bits per heavy atom. The molecule has 3 aromatic rings. The van der Waals surface area contributed by atoms with Gasteiger partial charge in [-0.2, -0.15) is 0 Å². The molecule has 0 atom stereocenters. The minimum Gasteiger partial charge on any atom is -0.496 e. The molecular weight excluding hydrogens is 408 g/mol. The van der Waals surface area contributed by atoms with Gasteiger partial charge in [0.15, 0.2) is 5.84 Å². The molecule has 0 saturated heterocycles. The number of carbonyl (C=O) groups is 1. The molecule has 0 spiro atoms. The number of oxime groups is 1. The normalized spacial score (nSPS) is 11.3. The van der Waals surface area contributed by atoms with Crippen LogP contribution in [-0.2, 0) is 11.4 Å². The number of benzene rings is 2. The number of halogens is 1. The lowest BCUT2D eigenvalue weighted by Crippen LogP contribution is -2.16. The first-order valence-electron chi connectivity index (χ1n) is 9.04. The molecule has 1 heterocycles. The summed E-state index contributed by atoms with van der Waals surface area (Å²) in [5, 5.41) is 4.10. The summed E-state index contributed by atoms with van der Waals surface area (Å²) in [4.78, 5) is 17.1. The molecule has 0 amide bonds. The Kier molecular flexibility index (Phi) is 6.64. The van der Waals surface area contributed by atoms with E-state index in [0.29, 0.717) is 22.1 Å². The maximum atomic E-state index is 12.2. The van der Waals surface area contributed by atoms with E-state index in [4.69, 9.17) is 36.1 Å². The maximum absolute atomic E-state index is 12.2. The van der Waals surface area contributed by atoms with E-state index >= 15 is 0 Å². The molecule has 0 saturated carbocycles. The number of amidine groups is 1. The Bertz CT molecular complexity index is 1070. The fraction of sp³-hybridized carbons (Fsp3) is 0.182. The Labute approximate surface area is 179 Å². The van der Waals surface area contributed by atoms with Gasteiger partial charge < -0.3 is 24.5 Å². The third kappa shape index (κ3) is 5.33. The molecule has 0 radical (unpaired) electrons. The van der Waals surface area contributed by atoms with E-state index in [1.54, 1.807) is 24.3 Å². The first-order chi connectivity index (χ1) is 14.4. The lowest BCUT2D eigenvalue weighted by atomic mass is 10.1. The van der Waals surface area contributed by atoms with Gasteiger partial charge in [0.05, 0.1) is 12.7 Å². The quantitative estimate of drug-likeness (QED) is 0.255. The van der Waals surface area contributed by atoms with Crippen molar-refractivity contribution in [3.63, 3.8) is 0 Å². The third-order valence-corrected chi connectivity index (χ3v) is 4.34. The van der Waals surface area contributed by atoms with Crippen molar-refractivity contribution in [3.05, 3.63) is 81.8 Å². The van der Waals surface area contributed by atoms with E-state index in [2.05, 4.69) is 11.2 Å². The van der Waals surface area contributed by atoms with E-state index in [1.807, 2.05) is 26.0 Å². The number of carbonyl (C=O) groups excluding carboxylic acids is 1. The standard InChI is InChI=1S/C22H21ClN2O5/c1-13-8-14(2)10-17(9-13)28-12-16-5-7-20(29-16)22(26)30-25-21(24)18-11-15(23)4-6-19(18)27-3/h4-11H,12H2,1-3H3,(H2,24,25). The number of nitrogens with zero attached hydrogens (tertiary/aromatic N) is 1. The molecule has 2 N–H and O–H groups in total. The van der Waals surface area contributed by atoms with Crippen LogP contribution in [0.1, 0.15) is 33.0 Å². The second-order valence-electron chi connectivity index (χ2n) is 6.58. The van der Waals surface area contributed by atoms with Gasteiger partial charge in [0.25, 0.3) is 0 Å². The first kappa shape index (κ1) is 21.3. The van der Waals surface area contributed by atoms with Gasteiger partial charge in [-0.1, -0.05) is 22.8 Å². The Morgan fingerprint density at radius 2 is 1.83 bits per heavy atom. The summed E-state index contributed by atoms with van der Waals surface area (Å²) in [7, 11) is 1.48. The molecule has 0 bridgehead atoms. The molecule has 0 aliphatic carbocycles. The van der Waals surface area contributed by atoms with Crippen LogP contribution in [0.5, 0.6) is 11.5 Å². The summed E-state index contributed by atoms with van der Waals surface area (Å²) in [5.74, 6) is 0.754. The van der Waals surface area contributed by atoms with Crippen LogP contribution in [0, 0.1) is 13.8 Å². The predicted molar refractivity (Wildman–Crippen MR) is 113 cm³/mol. The SMILES string of the molecule is COc1ccc(Cl)cc1/C(N)=N/OC(=O)c1ccc(COc2cc(C)cc(C)c2)o1. The average molecular weight is 429 g/mol. The van der Waals surface area contributed by atoms with Gasteiger partial charge in [0, 0.05) is 5.02 Å². The van der Waals surface area contributed by atoms with Crippen LogP contribution in [0.2, 0.25) is 5.02 Å². The highest BCUT2D eigenvalue weighted by Crippen LogP contribution is 2.23. The minimum atomic E-state index is -0.795. The molecule has 156 valence electrons. The summed E-state index contributed by atoms with van der Waals surface area (Å²) in [5.41, 5.74) is 8.49. The molecule has 0 aliphatic heterocycles. The summed E-state index contributed by atoms with van der Waals surface area (Å²) in [6.45, 7) is 4.15. The topological polar surface area (TPSA) is 96.3 Å². The van der Waals surface area contributed by atoms with E-state index in [0.717, 1.165) is 16.9 Å². The Hall–Kier alpha value is -3.45. The van der Waals surface area contributed by atoms with Crippen molar-refractivity contribution >= 4 is 23.4 Å². The van der Waals surface area contributed by atoms with Gasteiger partial charge in [-0.05, 0) is 67.4 Å². The van der Waals surface area contributed by atoms with Gasteiger partial charge in [-0.15, -0.1) is 0 Å². The van der Waals surface area contributed by atoms with Crippen molar-refractivity contribution < 1.29 is 23.5 Å². The van der Waals surface area contributed by atoms with Crippen molar-refractivity contribution in [1.29, 1.82) is 0 Å². The Balaban J connectivity index is 1.63. The lowest BCUT2D eigenvalue weighted by molar-refractivity contribution is 0.0475. The van der Waals surface area contributed by atoms with Crippen molar-refractivity contribution in [2.24, 2.45) is 10.9 Å². The molecule has 0 fully saturated rings. The van der Waals surface area contributed by atoms with Crippen molar-refractivity contribution in [1.82, 2.24) is 0 Å².